The van der Waals surface area contributed by atoms with Crippen LogP contribution in [0.4, 0.5) is 4.79 Å². The van der Waals surface area contributed by atoms with Crippen LogP contribution in [0.5, 0.6) is 0 Å². The molecular weight excluding hydrogens is 582 g/mol. The summed E-state index contributed by atoms with van der Waals surface area (Å²) in [6.45, 7) is 12.0. The molecule has 4 aliphatic rings. The number of Topliss-reactive ketones (excluding diaryl/α,β-unsaturated/α-hetero) is 1. The quantitative estimate of drug-likeness (QED) is 0.220. The Morgan fingerprint density at radius 3 is 2.30 bits per heavy atom. The van der Waals surface area contributed by atoms with Gasteiger partial charge in [-0.05, 0) is 132 Å². The van der Waals surface area contributed by atoms with E-state index >= 15 is 0 Å². The number of carbonyl (C=O) groups excluding carboxylic acids is 4. The third kappa shape index (κ3) is 7.46. The van der Waals surface area contributed by atoms with Crippen molar-refractivity contribution in [2.75, 3.05) is 0 Å². The number of amides is 1. The topological polar surface area (TPSA) is 108 Å². The van der Waals surface area contributed by atoms with Gasteiger partial charge >= 0.3 is 18.0 Å². The summed E-state index contributed by atoms with van der Waals surface area (Å²) in [7, 11) is 0. The molecule has 1 aromatic rings. The Labute approximate surface area is 275 Å². The molecule has 0 aliphatic heterocycles. The number of ketones is 1. The van der Waals surface area contributed by atoms with Crippen LogP contribution in [0.15, 0.2) is 30.3 Å². The van der Waals surface area contributed by atoms with Crippen molar-refractivity contribution in [3.05, 3.63) is 35.9 Å². The average molecular weight is 638 g/mol. The number of nitrogens with one attached hydrogen (secondary N) is 1. The molecule has 0 saturated heterocycles. The third-order valence-corrected chi connectivity index (χ3v) is 12.2. The average Bonchev–Trinajstić information content (AvgIpc) is 3.35. The summed E-state index contributed by atoms with van der Waals surface area (Å²) in [5.74, 6) is 2.16. The number of hydrogen-bond donors (Lipinski definition) is 1. The first-order chi connectivity index (χ1) is 21.7. The van der Waals surface area contributed by atoms with Crippen molar-refractivity contribution in [3.8, 4) is 0 Å². The molecule has 0 spiro atoms. The van der Waals surface area contributed by atoms with Gasteiger partial charge in [-0.1, -0.05) is 44.2 Å². The van der Waals surface area contributed by atoms with Gasteiger partial charge in [0, 0.05) is 12.3 Å². The Hall–Kier alpha value is -2.90. The number of benzene rings is 1. The zero-order valence-electron chi connectivity index (χ0n) is 28.8. The minimum atomic E-state index is -1.04. The molecule has 8 heteroatoms. The van der Waals surface area contributed by atoms with Gasteiger partial charge in [0.2, 0.25) is 0 Å². The molecule has 8 nitrogen and oxygen atoms in total. The lowest BCUT2D eigenvalue weighted by atomic mass is 9.44. The van der Waals surface area contributed by atoms with E-state index in [0.717, 1.165) is 44.1 Å². The Bertz CT molecular complexity index is 1270. The molecule has 4 aliphatic carbocycles. The molecule has 0 bridgehead atoms. The predicted molar refractivity (Wildman–Crippen MR) is 174 cm³/mol. The summed E-state index contributed by atoms with van der Waals surface area (Å²) >= 11 is 0. The number of fused-ring (bicyclic) bond motifs is 5. The molecule has 46 heavy (non-hydrogen) atoms. The van der Waals surface area contributed by atoms with E-state index in [9.17, 15) is 19.2 Å². The highest BCUT2D eigenvalue weighted by Crippen LogP contribution is 2.67. The van der Waals surface area contributed by atoms with Crippen LogP contribution in [0.25, 0.3) is 0 Å². The number of alkyl carbamates (subject to hydrolysis) is 1. The van der Waals surface area contributed by atoms with E-state index < -0.39 is 23.7 Å². The SMILES string of the molecule is CC(=O)[C@H]1CCC2C3CC[C@@H]4C[C@H](OC(=O)CC[C@H](NC(=O)OC(C)(C)C)C(=O)OCc5ccccc5)CC[C@]4(C)C3CC[C@@]21C. The molecule has 1 amide bonds. The smallest absolute Gasteiger partial charge is 0.408 e. The van der Waals surface area contributed by atoms with Crippen molar-refractivity contribution >= 4 is 23.8 Å². The lowest BCUT2D eigenvalue weighted by Gasteiger charge is -2.61. The van der Waals surface area contributed by atoms with Gasteiger partial charge in [-0.3, -0.25) is 9.59 Å². The molecule has 0 radical (unpaired) electrons. The second-order valence-electron chi connectivity index (χ2n) is 16.2. The van der Waals surface area contributed by atoms with Crippen LogP contribution >= 0.6 is 0 Å². The number of carbonyl (C=O) groups is 4. The highest BCUT2D eigenvalue weighted by molar-refractivity contribution is 5.82. The van der Waals surface area contributed by atoms with E-state index in [1.807, 2.05) is 30.3 Å². The van der Waals surface area contributed by atoms with E-state index in [4.69, 9.17) is 14.2 Å². The highest BCUT2D eigenvalue weighted by atomic mass is 16.6. The molecule has 0 heterocycles. The fraction of sp³-hybridized carbons (Fsp3) is 0.737. The normalized spacial score (nSPS) is 34.2. The maximum atomic E-state index is 13.1. The Kier molecular flexibility index (Phi) is 10.2. The molecule has 1 N–H and O–H groups in total. The molecule has 254 valence electrons. The van der Waals surface area contributed by atoms with Crippen LogP contribution in [0.1, 0.15) is 118 Å². The van der Waals surface area contributed by atoms with E-state index in [0.29, 0.717) is 29.5 Å². The zero-order valence-corrected chi connectivity index (χ0v) is 28.8. The van der Waals surface area contributed by atoms with Crippen molar-refractivity contribution in [2.24, 2.45) is 40.4 Å². The second kappa shape index (κ2) is 13.7. The van der Waals surface area contributed by atoms with E-state index in [-0.39, 0.29) is 48.3 Å². The number of rotatable bonds is 9. The summed E-state index contributed by atoms with van der Waals surface area (Å²) in [6.07, 6.45) is 8.90. The fourth-order valence-corrected chi connectivity index (χ4v) is 10.0. The van der Waals surface area contributed by atoms with Crippen molar-refractivity contribution in [3.63, 3.8) is 0 Å². The fourth-order valence-electron chi connectivity index (χ4n) is 10.0. The molecule has 1 aromatic carbocycles. The van der Waals surface area contributed by atoms with Gasteiger partial charge in [-0.25, -0.2) is 9.59 Å². The van der Waals surface area contributed by atoms with Crippen molar-refractivity contribution in [1.29, 1.82) is 0 Å². The van der Waals surface area contributed by atoms with Gasteiger partial charge in [0.05, 0.1) is 0 Å². The van der Waals surface area contributed by atoms with Crippen LogP contribution in [-0.4, -0.2) is 41.6 Å². The molecule has 0 aromatic heterocycles. The van der Waals surface area contributed by atoms with Crippen LogP contribution in [0.3, 0.4) is 0 Å². The van der Waals surface area contributed by atoms with E-state index in [1.165, 1.54) is 19.3 Å². The lowest BCUT2D eigenvalue weighted by Crippen LogP contribution is -2.54. The molecular formula is C38H55NO7. The summed E-state index contributed by atoms with van der Waals surface area (Å²) in [5.41, 5.74) is 0.497. The van der Waals surface area contributed by atoms with Crippen LogP contribution < -0.4 is 5.32 Å². The second-order valence-corrected chi connectivity index (χ2v) is 16.2. The van der Waals surface area contributed by atoms with Crippen molar-refractivity contribution < 1.29 is 33.4 Å². The molecule has 9 atom stereocenters. The summed E-state index contributed by atoms with van der Waals surface area (Å²) in [5, 5.41) is 2.60. The first-order valence-corrected chi connectivity index (χ1v) is 17.6. The standard InChI is InChI=1S/C38H55NO7/c1-24(40)29-14-15-30-28-13-12-26-22-27(18-20-37(26,5)31(28)19-21-38(29,30)6)45-33(41)17-16-32(39-35(43)46-36(2,3)4)34(42)44-23-25-10-8-7-9-11-25/h7-11,26-32H,12-23H2,1-6H3,(H,39,43)/t26-,27-,28?,29-,30?,31?,32+,37+,38-/m1/s1. The molecule has 4 saturated carbocycles. The van der Waals surface area contributed by atoms with Crippen molar-refractivity contribution in [2.45, 2.75) is 137 Å². The monoisotopic (exact) mass is 637 g/mol. The Morgan fingerprint density at radius 1 is 0.913 bits per heavy atom. The van der Waals surface area contributed by atoms with E-state index in [2.05, 4.69) is 19.2 Å². The number of esters is 2. The van der Waals surface area contributed by atoms with Gasteiger partial charge in [0.15, 0.2) is 0 Å². The van der Waals surface area contributed by atoms with Gasteiger partial charge in [0.1, 0.15) is 30.1 Å². The van der Waals surface area contributed by atoms with Crippen LogP contribution in [0, 0.1) is 40.4 Å². The summed E-state index contributed by atoms with van der Waals surface area (Å²) in [6, 6.07) is 8.28. The van der Waals surface area contributed by atoms with Crippen LogP contribution in [-0.2, 0) is 35.2 Å². The summed E-state index contributed by atoms with van der Waals surface area (Å²) < 4.78 is 16.9. The first-order valence-electron chi connectivity index (χ1n) is 17.6. The van der Waals surface area contributed by atoms with Gasteiger partial charge in [0.25, 0.3) is 0 Å². The highest BCUT2D eigenvalue weighted by Gasteiger charge is 2.61. The maximum Gasteiger partial charge on any atom is 0.408 e. The van der Waals surface area contributed by atoms with Crippen LogP contribution in [0.2, 0.25) is 0 Å². The molecule has 5 rings (SSSR count). The van der Waals surface area contributed by atoms with Gasteiger partial charge < -0.3 is 19.5 Å². The minimum Gasteiger partial charge on any atom is -0.462 e. The first kappa shape index (κ1) is 34.4. The van der Waals surface area contributed by atoms with E-state index in [1.54, 1.807) is 27.7 Å². The Balaban J connectivity index is 1.15. The number of hydrogen-bond acceptors (Lipinski definition) is 7. The predicted octanol–water partition coefficient (Wildman–Crippen LogP) is 7.56. The molecule has 3 unspecified atom stereocenters. The maximum absolute atomic E-state index is 13.1. The van der Waals surface area contributed by atoms with Crippen molar-refractivity contribution in [1.82, 2.24) is 5.32 Å². The Morgan fingerprint density at radius 2 is 1.61 bits per heavy atom. The third-order valence-electron chi connectivity index (χ3n) is 12.2. The summed E-state index contributed by atoms with van der Waals surface area (Å²) in [4.78, 5) is 51.1. The minimum absolute atomic E-state index is 0.0123. The zero-order chi connectivity index (χ0) is 33.3. The molecule has 4 fully saturated rings. The number of ether oxygens (including phenoxy) is 3. The van der Waals surface area contributed by atoms with Gasteiger partial charge in [-0.2, -0.15) is 0 Å². The lowest BCUT2D eigenvalue weighted by molar-refractivity contribution is -0.163. The van der Waals surface area contributed by atoms with Gasteiger partial charge in [-0.15, -0.1) is 0 Å². The largest absolute Gasteiger partial charge is 0.462 e.